The van der Waals surface area contributed by atoms with Gasteiger partial charge in [-0.2, -0.15) is 0 Å². The Balaban J connectivity index is 1.81. The predicted molar refractivity (Wildman–Crippen MR) is 80.3 cm³/mol. The average molecular weight is 303 g/mol. The maximum atomic E-state index is 12.5. The zero-order valence-electron chi connectivity index (χ0n) is 11.5. The van der Waals surface area contributed by atoms with Crippen LogP contribution in [0.25, 0.3) is 0 Å². The second-order valence-electron chi connectivity index (χ2n) is 5.06. The molecule has 0 spiro atoms. The van der Waals surface area contributed by atoms with E-state index in [1.54, 1.807) is 6.07 Å². The van der Waals surface area contributed by atoms with Gasteiger partial charge in [-0.3, -0.25) is 0 Å². The molecule has 2 heterocycles. The molecule has 2 aromatic rings. The molecule has 0 amide bonds. The summed E-state index contributed by atoms with van der Waals surface area (Å²) in [7, 11) is -3.60. The van der Waals surface area contributed by atoms with Gasteiger partial charge in [0.05, 0.1) is 0 Å². The monoisotopic (exact) mass is 303 g/mol. The van der Waals surface area contributed by atoms with Gasteiger partial charge in [-0.25, -0.2) is 18.1 Å². The molecule has 5 nitrogen and oxygen atoms in total. The quantitative estimate of drug-likeness (QED) is 0.872. The van der Waals surface area contributed by atoms with Gasteiger partial charge in [0.1, 0.15) is 0 Å². The number of rotatable bonds is 5. The Morgan fingerprint density at radius 2 is 1.90 bits per heavy atom. The molecule has 0 bridgehead atoms. The van der Waals surface area contributed by atoms with Crippen molar-refractivity contribution >= 4 is 10.0 Å². The SMILES string of the molecule is O=S(=O)(NCc1ccccc1)c1ncccc1C1CNC1. The molecule has 1 aliphatic heterocycles. The molecule has 1 fully saturated rings. The predicted octanol–water partition coefficient (Wildman–Crippen LogP) is 1.25. The number of nitrogens with one attached hydrogen (secondary N) is 2. The van der Waals surface area contributed by atoms with E-state index in [1.807, 2.05) is 36.4 Å². The molecule has 110 valence electrons. The van der Waals surface area contributed by atoms with E-state index in [4.69, 9.17) is 0 Å². The van der Waals surface area contributed by atoms with Crippen molar-refractivity contribution in [3.05, 3.63) is 59.8 Å². The van der Waals surface area contributed by atoms with Crippen LogP contribution in [0.5, 0.6) is 0 Å². The molecular weight excluding hydrogens is 286 g/mol. The number of benzene rings is 1. The highest BCUT2D eigenvalue weighted by molar-refractivity contribution is 7.89. The molecule has 2 N–H and O–H groups in total. The van der Waals surface area contributed by atoms with Crippen molar-refractivity contribution < 1.29 is 8.42 Å². The summed E-state index contributed by atoms with van der Waals surface area (Å²) in [6.45, 7) is 1.86. The molecule has 0 aliphatic carbocycles. The molecule has 0 atom stereocenters. The smallest absolute Gasteiger partial charge is 0.258 e. The Kier molecular flexibility index (Phi) is 4.01. The zero-order valence-corrected chi connectivity index (χ0v) is 12.3. The number of sulfonamides is 1. The van der Waals surface area contributed by atoms with E-state index in [9.17, 15) is 8.42 Å². The summed E-state index contributed by atoms with van der Waals surface area (Å²) < 4.78 is 27.6. The second-order valence-corrected chi connectivity index (χ2v) is 6.75. The third-order valence-corrected chi connectivity index (χ3v) is 4.96. The van der Waals surface area contributed by atoms with Crippen LogP contribution in [-0.2, 0) is 16.6 Å². The van der Waals surface area contributed by atoms with Crippen molar-refractivity contribution in [2.24, 2.45) is 0 Å². The van der Waals surface area contributed by atoms with Crippen LogP contribution in [0.3, 0.4) is 0 Å². The minimum Gasteiger partial charge on any atom is -0.315 e. The maximum Gasteiger partial charge on any atom is 0.258 e. The average Bonchev–Trinajstić information content (AvgIpc) is 2.45. The van der Waals surface area contributed by atoms with Gasteiger partial charge in [0.15, 0.2) is 5.03 Å². The van der Waals surface area contributed by atoms with E-state index in [0.29, 0.717) is 0 Å². The van der Waals surface area contributed by atoms with Crippen LogP contribution in [0.4, 0.5) is 0 Å². The highest BCUT2D eigenvalue weighted by Gasteiger charge is 2.27. The van der Waals surface area contributed by atoms with E-state index < -0.39 is 10.0 Å². The standard InChI is InChI=1S/C15H17N3O2S/c19-21(20,18-9-12-5-2-1-3-6-12)15-14(7-4-8-17-15)13-10-16-11-13/h1-8,13,16,18H,9-11H2. The lowest BCUT2D eigenvalue weighted by Crippen LogP contribution is -2.41. The third-order valence-electron chi connectivity index (χ3n) is 3.59. The van der Waals surface area contributed by atoms with E-state index in [1.165, 1.54) is 6.20 Å². The van der Waals surface area contributed by atoms with E-state index in [2.05, 4.69) is 15.0 Å². The minimum atomic E-state index is -3.60. The Morgan fingerprint density at radius 1 is 1.14 bits per heavy atom. The molecule has 0 unspecified atom stereocenters. The van der Waals surface area contributed by atoms with Gasteiger partial charge in [0, 0.05) is 31.7 Å². The Morgan fingerprint density at radius 3 is 2.57 bits per heavy atom. The molecule has 3 rings (SSSR count). The lowest BCUT2D eigenvalue weighted by molar-refractivity contribution is 0.439. The largest absolute Gasteiger partial charge is 0.315 e. The summed E-state index contributed by atoms with van der Waals surface area (Å²) >= 11 is 0. The first kappa shape index (κ1) is 14.2. The summed E-state index contributed by atoms with van der Waals surface area (Å²) in [4.78, 5) is 4.09. The van der Waals surface area contributed by atoms with Gasteiger partial charge in [0.25, 0.3) is 10.0 Å². The molecule has 1 aromatic heterocycles. The summed E-state index contributed by atoms with van der Waals surface area (Å²) in [6.07, 6.45) is 1.52. The molecule has 21 heavy (non-hydrogen) atoms. The van der Waals surface area contributed by atoms with Gasteiger partial charge in [0.2, 0.25) is 0 Å². The van der Waals surface area contributed by atoms with Gasteiger partial charge >= 0.3 is 0 Å². The fraction of sp³-hybridized carbons (Fsp3) is 0.267. The van der Waals surface area contributed by atoms with Crippen molar-refractivity contribution in [1.29, 1.82) is 0 Å². The van der Waals surface area contributed by atoms with Gasteiger partial charge in [-0.1, -0.05) is 36.4 Å². The van der Waals surface area contributed by atoms with Crippen LogP contribution in [-0.4, -0.2) is 26.5 Å². The van der Waals surface area contributed by atoms with E-state index in [-0.39, 0.29) is 17.5 Å². The summed E-state index contributed by atoms with van der Waals surface area (Å²) in [5.74, 6) is 0.224. The van der Waals surface area contributed by atoms with Crippen LogP contribution < -0.4 is 10.0 Å². The molecule has 1 saturated heterocycles. The van der Waals surface area contributed by atoms with Gasteiger partial charge < -0.3 is 5.32 Å². The van der Waals surface area contributed by atoms with Gasteiger partial charge in [-0.15, -0.1) is 0 Å². The molecule has 0 radical (unpaired) electrons. The molecular formula is C15H17N3O2S. The lowest BCUT2D eigenvalue weighted by Gasteiger charge is -2.28. The highest BCUT2D eigenvalue weighted by atomic mass is 32.2. The second kappa shape index (κ2) is 5.93. The number of hydrogen-bond donors (Lipinski definition) is 2. The van der Waals surface area contributed by atoms with Crippen LogP contribution in [0.15, 0.2) is 53.7 Å². The first-order chi connectivity index (χ1) is 10.2. The van der Waals surface area contributed by atoms with E-state index in [0.717, 1.165) is 24.2 Å². The molecule has 6 heteroatoms. The summed E-state index contributed by atoms with van der Waals surface area (Å²) in [5.41, 5.74) is 1.71. The number of pyridine rings is 1. The van der Waals surface area contributed by atoms with Gasteiger partial charge in [-0.05, 0) is 17.2 Å². The van der Waals surface area contributed by atoms with Crippen molar-refractivity contribution in [3.63, 3.8) is 0 Å². The van der Waals surface area contributed by atoms with Crippen LogP contribution in [0, 0.1) is 0 Å². The fourth-order valence-electron chi connectivity index (χ4n) is 2.29. The number of hydrogen-bond acceptors (Lipinski definition) is 4. The van der Waals surface area contributed by atoms with Crippen LogP contribution in [0.2, 0.25) is 0 Å². The number of aromatic nitrogens is 1. The lowest BCUT2D eigenvalue weighted by atomic mass is 9.95. The summed E-state index contributed by atoms with van der Waals surface area (Å²) in [5, 5.41) is 3.30. The molecule has 1 aliphatic rings. The van der Waals surface area contributed by atoms with Crippen molar-refractivity contribution in [2.45, 2.75) is 17.5 Å². The Labute approximate surface area is 124 Å². The topological polar surface area (TPSA) is 71.1 Å². The normalized spacial score (nSPS) is 15.6. The minimum absolute atomic E-state index is 0.146. The number of nitrogens with zero attached hydrogens (tertiary/aromatic N) is 1. The zero-order chi connectivity index (χ0) is 14.7. The molecule has 0 saturated carbocycles. The van der Waals surface area contributed by atoms with Crippen LogP contribution >= 0.6 is 0 Å². The first-order valence-corrected chi connectivity index (χ1v) is 8.34. The summed E-state index contributed by atoms with van der Waals surface area (Å²) in [6, 6.07) is 13.1. The maximum absolute atomic E-state index is 12.5. The highest BCUT2D eigenvalue weighted by Crippen LogP contribution is 2.25. The van der Waals surface area contributed by atoms with E-state index >= 15 is 0 Å². The molecule has 1 aromatic carbocycles. The fourth-order valence-corrected chi connectivity index (χ4v) is 3.53. The Hall–Kier alpha value is -1.76. The van der Waals surface area contributed by atoms with Crippen molar-refractivity contribution in [2.75, 3.05) is 13.1 Å². The first-order valence-electron chi connectivity index (χ1n) is 6.86. The Bertz CT molecular complexity index is 713. The van der Waals surface area contributed by atoms with Crippen LogP contribution in [0.1, 0.15) is 17.0 Å². The third kappa shape index (κ3) is 3.12. The van der Waals surface area contributed by atoms with Crippen molar-refractivity contribution in [1.82, 2.24) is 15.0 Å². The van der Waals surface area contributed by atoms with Crippen molar-refractivity contribution in [3.8, 4) is 0 Å².